The second-order valence-electron chi connectivity index (χ2n) is 4.21. The highest BCUT2D eigenvalue weighted by molar-refractivity contribution is 5.85. The molecule has 0 fully saturated rings. The summed E-state index contributed by atoms with van der Waals surface area (Å²) in [5.41, 5.74) is 2.10. The number of rotatable bonds is 4. The van der Waals surface area contributed by atoms with Crippen LogP contribution >= 0.6 is 12.4 Å². The van der Waals surface area contributed by atoms with Crippen LogP contribution in [0.4, 0.5) is 0 Å². The third kappa shape index (κ3) is 2.68. The molecule has 0 N–H and O–H groups in total. The van der Waals surface area contributed by atoms with Crippen molar-refractivity contribution in [1.29, 1.82) is 0 Å². The lowest BCUT2D eigenvalue weighted by Gasteiger charge is -2.02. The molecule has 1 aromatic carbocycles. The number of imidazole rings is 1. The van der Waals surface area contributed by atoms with Crippen molar-refractivity contribution in [3.63, 3.8) is 0 Å². The van der Waals surface area contributed by atoms with Gasteiger partial charge in [-0.05, 0) is 36.4 Å². The van der Waals surface area contributed by atoms with Gasteiger partial charge in [0, 0.05) is 6.54 Å². The van der Waals surface area contributed by atoms with Crippen molar-refractivity contribution >= 4 is 35.6 Å². The quantitative estimate of drug-likeness (QED) is 0.665. The molecule has 0 saturated carbocycles. The second kappa shape index (κ2) is 6.26. The van der Waals surface area contributed by atoms with Crippen molar-refractivity contribution in [2.45, 2.75) is 6.54 Å². The molecule has 3 aromatic rings. The summed E-state index contributed by atoms with van der Waals surface area (Å²) < 4.78 is 7.41. The Morgan fingerprint density at radius 1 is 1.15 bits per heavy atom. The van der Waals surface area contributed by atoms with E-state index >= 15 is 0 Å². The number of fused-ring (bicyclic) bond motifs is 1. The number of nitrogens with zero attached hydrogens (tertiary/aromatic N) is 2. The van der Waals surface area contributed by atoms with Crippen LogP contribution in [0.5, 0.6) is 0 Å². The standard InChI is InChI=1S/C16H14N2O.ClH/c1-2-11-18-15-8-4-3-7-14(15)17-16(18)10-9-13-6-5-12-19-13;/h2-10,12H,1,11H2;1H. The van der Waals surface area contributed by atoms with E-state index < -0.39 is 0 Å². The second-order valence-corrected chi connectivity index (χ2v) is 4.21. The third-order valence-corrected chi connectivity index (χ3v) is 2.94. The molecule has 0 bridgehead atoms. The first-order valence-corrected chi connectivity index (χ1v) is 6.16. The van der Waals surface area contributed by atoms with Gasteiger partial charge in [-0.15, -0.1) is 19.0 Å². The number of allylic oxidation sites excluding steroid dienone is 1. The number of furan rings is 1. The molecule has 0 aliphatic carbocycles. The van der Waals surface area contributed by atoms with Crippen molar-refractivity contribution in [3.05, 3.63) is 66.9 Å². The van der Waals surface area contributed by atoms with Gasteiger partial charge in [-0.2, -0.15) is 0 Å². The predicted octanol–water partition coefficient (Wildman–Crippen LogP) is 4.41. The number of aromatic nitrogens is 2. The van der Waals surface area contributed by atoms with Crippen LogP contribution in [0.25, 0.3) is 23.2 Å². The van der Waals surface area contributed by atoms with E-state index in [1.807, 2.05) is 48.6 Å². The van der Waals surface area contributed by atoms with Crippen molar-refractivity contribution in [1.82, 2.24) is 9.55 Å². The predicted molar refractivity (Wildman–Crippen MR) is 84.8 cm³/mol. The lowest BCUT2D eigenvalue weighted by atomic mass is 10.3. The molecule has 0 aliphatic heterocycles. The largest absolute Gasteiger partial charge is 0.465 e. The summed E-state index contributed by atoms with van der Waals surface area (Å²) in [6, 6.07) is 11.9. The Kier molecular flexibility index (Phi) is 4.43. The molecule has 0 amide bonds. The number of hydrogen-bond acceptors (Lipinski definition) is 2. The molecule has 20 heavy (non-hydrogen) atoms. The number of hydrogen-bond donors (Lipinski definition) is 0. The summed E-state index contributed by atoms with van der Waals surface area (Å²) >= 11 is 0. The van der Waals surface area contributed by atoms with Gasteiger partial charge in [0.2, 0.25) is 0 Å². The van der Waals surface area contributed by atoms with Gasteiger partial charge in [0.05, 0.1) is 17.3 Å². The Hall–Kier alpha value is -2.26. The summed E-state index contributed by atoms with van der Waals surface area (Å²) in [5.74, 6) is 1.72. The Labute approximate surface area is 123 Å². The first-order valence-electron chi connectivity index (χ1n) is 6.16. The van der Waals surface area contributed by atoms with Crippen molar-refractivity contribution in [2.75, 3.05) is 0 Å². The molecule has 102 valence electrons. The van der Waals surface area contributed by atoms with E-state index in [0.29, 0.717) is 0 Å². The van der Waals surface area contributed by atoms with Gasteiger partial charge in [0.1, 0.15) is 11.6 Å². The number of benzene rings is 1. The molecule has 2 heterocycles. The zero-order chi connectivity index (χ0) is 13.1. The lowest BCUT2D eigenvalue weighted by molar-refractivity contribution is 0.557. The van der Waals surface area contributed by atoms with Gasteiger partial charge in [0.15, 0.2) is 0 Å². The van der Waals surface area contributed by atoms with Crippen molar-refractivity contribution in [2.24, 2.45) is 0 Å². The Balaban J connectivity index is 0.00000147. The monoisotopic (exact) mass is 286 g/mol. The summed E-state index contributed by atoms with van der Waals surface area (Å²) in [6.07, 6.45) is 7.41. The summed E-state index contributed by atoms with van der Waals surface area (Å²) in [5, 5.41) is 0. The van der Waals surface area contributed by atoms with Gasteiger partial charge in [-0.3, -0.25) is 0 Å². The van der Waals surface area contributed by atoms with Crippen LogP contribution in [0.1, 0.15) is 11.6 Å². The average molecular weight is 287 g/mol. The van der Waals surface area contributed by atoms with Crippen LogP contribution in [0.15, 0.2) is 59.7 Å². The average Bonchev–Trinajstić information content (AvgIpc) is 3.05. The lowest BCUT2D eigenvalue weighted by Crippen LogP contribution is -1.97. The van der Waals surface area contributed by atoms with Crippen LogP contribution in [0, 0.1) is 0 Å². The maximum absolute atomic E-state index is 5.29. The van der Waals surface area contributed by atoms with Gasteiger partial charge in [0.25, 0.3) is 0 Å². The van der Waals surface area contributed by atoms with Crippen LogP contribution in [-0.2, 0) is 6.54 Å². The van der Waals surface area contributed by atoms with E-state index in [1.54, 1.807) is 6.26 Å². The van der Waals surface area contributed by atoms with E-state index in [-0.39, 0.29) is 12.4 Å². The van der Waals surface area contributed by atoms with Crippen LogP contribution in [0.2, 0.25) is 0 Å². The van der Waals surface area contributed by atoms with E-state index in [4.69, 9.17) is 4.42 Å². The normalized spacial score (nSPS) is 10.8. The minimum Gasteiger partial charge on any atom is -0.465 e. The van der Waals surface area contributed by atoms with Gasteiger partial charge in [-0.1, -0.05) is 18.2 Å². The smallest absolute Gasteiger partial charge is 0.134 e. The highest BCUT2D eigenvalue weighted by Gasteiger charge is 2.06. The van der Waals surface area contributed by atoms with E-state index in [2.05, 4.69) is 22.2 Å². The Morgan fingerprint density at radius 2 is 2.00 bits per heavy atom. The third-order valence-electron chi connectivity index (χ3n) is 2.94. The van der Waals surface area contributed by atoms with Gasteiger partial charge in [-0.25, -0.2) is 4.98 Å². The zero-order valence-electron chi connectivity index (χ0n) is 10.9. The minimum absolute atomic E-state index is 0. The van der Waals surface area contributed by atoms with Crippen LogP contribution in [-0.4, -0.2) is 9.55 Å². The molecule has 2 aromatic heterocycles. The SMILES string of the molecule is C=CCn1c(C=Cc2ccco2)nc2ccccc21.Cl. The molecular weight excluding hydrogens is 272 g/mol. The fraction of sp³-hybridized carbons (Fsp3) is 0.0625. The first-order chi connectivity index (χ1) is 9.38. The van der Waals surface area contributed by atoms with Crippen molar-refractivity contribution < 1.29 is 4.42 Å². The molecule has 0 spiro atoms. The first kappa shape index (κ1) is 14.2. The fourth-order valence-electron chi connectivity index (χ4n) is 2.09. The summed E-state index contributed by atoms with van der Waals surface area (Å²) in [7, 11) is 0. The number of halogens is 1. The number of para-hydroxylation sites is 2. The van der Waals surface area contributed by atoms with Gasteiger partial charge < -0.3 is 8.98 Å². The van der Waals surface area contributed by atoms with E-state index in [0.717, 1.165) is 29.2 Å². The minimum atomic E-state index is 0. The molecule has 0 saturated heterocycles. The maximum atomic E-state index is 5.29. The molecule has 0 aliphatic rings. The highest BCUT2D eigenvalue weighted by Crippen LogP contribution is 2.18. The molecule has 0 unspecified atom stereocenters. The Bertz CT molecular complexity index is 726. The zero-order valence-corrected chi connectivity index (χ0v) is 11.7. The van der Waals surface area contributed by atoms with Gasteiger partial charge >= 0.3 is 0 Å². The molecule has 0 radical (unpaired) electrons. The molecule has 4 heteroatoms. The summed E-state index contributed by atoms with van der Waals surface area (Å²) in [4.78, 5) is 4.62. The molecule has 3 rings (SSSR count). The topological polar surface area (TPSA) is 31.0 Å². The van der Waals surface area contributed by atoms with Crippen LogP contribution in [0.3, 0.4) is 0 Å². The maximum Gasteiger partial charge on any atom is 0.134 e. The van der Waals surface area contributed by atoms with Crippen LogP contribution < -0.4 is 0 Å². The molecule has 0 atom stereocenters. The highest BCUT2D eigenvalue weighted by atomic mass is 35.5. The van der Waals surface area contributed by atoms with Crippen molar-refractivity contribution in [3.8, 4) is 0 Å². The Morgan fingerprint density at radius 3 is 2.75 bits per heavy atom. The summed E-state index contributed by atoms with van der Waals surface area (Å²) in [6.45, 7) is 4.54. The fourth-order valence-corrected chi connectivity index (χ4v) is 2.09. The van der Waals surface area contributed by atoms with E-state index in [1.165, 1.54) is 0 Å². The van der Waals surface area contributed by atoms with E-state index in [9.17, 15) is 0 Å². The molecular formula is C16H15ClN2O. The molecule has 3 nitrogen and oxygen atoms in total.